The van der Waals surface area contributed by atoms with Crippen LogP contribution in [0.4, 0.5) is 4.79 Å². The van der Waals surface area contributed by atoms with E-state index in [1.165, 1.54) is 51.0 Å². The van der Waals surface area contributed by atoms with Crippen molar-refractivity contribution in [1.29, 1.82) is 5.26 Å². The van der Waals surface area contributed by atoms with E-state index in [1.807, 2.05) is 19.9 Å². The fourth-order valence-corrected chi connectivity index (χ4v) is 6.93. The topological polar surface area (TPSA) is 194 Å². The molecule has 5 rings (SSSR count). The van der Waals surface area contributed by atoms with Crippen LogP contribution in [-0.2, 0) is 34.3 Å². The number of ether oxygens (including phenoxy) is 1. The van der Waals surface area contributed by atoms with Crippen molar-refractivity contribution < 1.29 is 32.6 Å². The summed E-state index contributed by atoms with van der Waals surface area (Å²) in [6.07, 6.45) is 0.738. The minimum atomic E-state index is -4.07. The maximum Gasteiger partial charge on any atom is 0.410 e. The molecule has 2 atom stereocenters. The molecule has 268 valence electrons. The first-order chi connectivity index (χ1) is 23.9. The molecule has 0 bridgehead atoms. The number of fused-ring (bicyclic) bond motifs is 1. The van der Waals surface area contributed by atoms with E-state index in [1.54, 1.807) is 39.8 Å². The first-order valence-electron chi connectivity index (χ1n) is 16.0. The summed E-state index contributed by atoms with van der Waals surface area (Å²) in [4.78, 5) is 42.6. The van der Waals surface area contributed by atoms with Gasteiger partial charge in [-0.15, -0.1) is 9.19 Å². The highest BCUT2D eigenvalue weighted by atomic mass is 35.5. The van der Waals surface area contributed by atoms with Gasteiger partial charge in [-0.1, -0.05) is 34.5 Å². The molecule has 2 amide bonds. The van der Waals surface area contributed by atoms with Crippen LogP contribution in [0.2, 0.25) is 5.02 Å². The summed E-state index contributed by atoms with van der Waals surface area (Å²) in [7, 11) is -4.07. The summed E-state index contributed by atoms with van der Waals surface area (Å²) in [5, 5.41) is 32.4. The number of carbonyl (C=O) groups is 3. The van der Waals surface area contributed by atoms with Gasteiger partial charge >= 0.3 is 12.1 Å². The number of hydrogen-bond acceptors (Lipinski definition) is 10. The maximum absolute atomic E-state index is 13.5. The van der Waals surface area contributed by atoms with Crippen LogP contribution in [0.1, 0.15) is 89.6 Å². The number of amides is 2. The average Bonchev–Trinajstić information content (AvgIpc) is 3.69. The summed E-state index contributed by atoms with van der Waals surface area (Å²) in [5.41, 5.74) is 1.24. The summed E-state index contributed by atoms with van der Waals surface area (Å²) in [5.74, 6) is -1.67. The molecule has 51 heavy (non-hydrogen) atoms. The normalized spacial score (nSPS) is 15.1. The molecule has 0 radical (unpaired) electrons. The summed E-state index contributed by atoms with van der Waals surface area (Å²) in [6.45, 7) is 10.1. The van der Waals surface area contributed by atoms with Gasteiger partial charge in [0.05, 0.1) is 46.5 Å². The number of carbonyl (C=O) groups excluding carboxylic acids is 2. The first-order valence-corrected chi connectivity index (χ1v) is 17.8. The number of nitrogens with zero attached hydrogens (tertiary/aromatic N) is 8. The predicted molar refractivity (Wildman–Crippen MR) is 184 cm³/mol. The van der Waals surface area contributed by atoms with Crippen molar-refractivity contribution in [3.05, 3.63) is 93.0 Å². The van der Waals surface area contributed by atoms with Crippen molar-refractivity contribution >= 4 is 39.6 Å². The second kappa shape index (κ2) is 14.2. The van der Waals surface area contributed by atoms with Crippen molar-refractivity contribution in [2.75, 3.05) is 6.54 Å². The van der Waals surface area contributed by atoms with Crippen molar-refractivity contribution in [3.63, 3.8) is 0 Å². The van der Waals surface area contributed by atoms with Crippen LogP contribution in [0.25, 0.3) is 0 Å². The highest BCUT2D eigenvalue weighted by Gasteiger charge is 2.36. The van der Waals surface area contributed by atoms with E-state index in [0.29, 0.717) is 11.3 Å². The molecular weight excluding hydrogens is 700 g/mol. The summed E-state index contributed by atoms with van der Waals surface area (Å²) in [6, 6.07) is 11.4. The molecule has 1 N–H and O–H groups in total. The van der Waals surface area contributed by atoms with E-state index in [0.717, 1.165) is 9.65 Å². The molecule has 0 aliphatic carbocycles. The van der Waals surface area contributed by atoms with Gasteiger partial charge in [0.25, 0.3) is 15.9 Å². The van der Waals surface area contributed by atoms with Gasteiger partial charge in [0.15, 0.2) is 5.69 Å². The number of benzene rings is 2. The molecule has 1 aliphatic rings. The second-order valence-electron chi connectivity index (χ2n) is 13.3. The van der Waals surface area contributed by atoms with Gasteiger partial charge in [-0.25, -0.2) is 9.59 Å². The Labute approximate surface area is 300 Å². The van der Waals surface area contributed by atoms with E-state index < -0.39 is 39.6 Å². The molecule has 2 aromatic carbocycles. The lowest BCUT2D eigenvalue weighted by Gasteiger charge is -2.33. The SMILES string of the molecule is Cc1ccc(S(=O)(=O)n2cc(C(C)N(CCn3nc4c(c3C(=O)O)CN(C(=O)c3ccc(Cl)c(C#N)c3)[C@H](C)C4)C(=O)OC(C)(C)C)nn2)cc1. The number of hydrogen-bond donors (Lipinski definition) is 1. The Morgan fingerprint density at radius 2 is 1.86 bits per heavy atom. The molecule has 0 saturated heterocycles. The van der Waals surface area contributed by atoms with Crippen LogP contribution in [0, 0.1) is 18.3 Å². The van der Waals surface area contributed by atoms with Gasteiger partial charge in [-0.05, 0) is 71.9 Å². The van der Waals surface area contributed by atoms with Crippen LogP contribution >= 0.6 is 11.6 Å². The highest BCUT2D eigenvalue weighted by molar-refractivity contribution is 7.89. The molecule has 0 spiro atoms. The third-order valence-electron chi connectivity index (χ3n) is 8.41. The molecule has 1 aliphatic heterocycles. The van der Waals surface area contributed by atoms with Crippen molar-refractivity contribution in [3.8, 4) is 6.07 Å². The lowest BCUT2D eigenvalue weighted by molar-refractivity contribution is 0.0159. The van der Waals surface area contributed by atoms with Crippen LogP contribution < -0.4 is 0 Å². The second-order valence-corrected chi connectivity index (χ2v) is 15.5. The number of rotatable bonds is 9. The lowest BCUT2D eigenvalue weighted by Crippen LogP contribution is -2.42. The van der Waals surface area contributed by atoms with Crippen LogP contribution in [-0.4, -0.2) is 83.7 Å². The van der Waals surface area contributed by atoms with Crippen LogP contribution in [0.3, 0.4) is 0 Å². The molecule has 0 fully saturated rings. The Kier molecular flexibility index (Phi) is 10.3. The Bertz CT molecular complexity index is 2150. The Morgan fingerprint density at radius 3 is 2.49 bits per heavy atom. The van der Waals surface area contributed by atoms with Crippen LogP contribution in [0.15, 0.2) is 53.6 Å². The third kappa shape index (κ3) is 7.74. The van der Waals surface area contributed by atoms with Crippen LogP contribution in [0.5, 0.6) is 0 Å². The van der Waals surface area contributed by atoms with Crippen molar-refractivity contribution in [2.24, 2.45) is 0 Å². The quantitative estimate of drug-likeness (QED) is 0.247. The largest absolute Gasteiger partial charge is 0.477 e. The predicted octanol–water partition coefficient (Wildman–Crippen LogP) is 4.83. The monoisotopic (exact) mass is 736 g/mol. The summed E-state index contributed by atoms with van der Waals surface area (Å²) < 4.78 is 34.2. The van der Waals surface area contributed by atoms with E-state index in [9.17, 15) is 33.2 Å². The molecule has 2 aromatic heterocycles. The minimum Gasteiger partial charge on any atom is -0.477 e. The van der Waals surface area contributed by atoms with Crippen molar-refractivity contribution in [2.45, 2.75) is 83.6 Å². The standard InChI is InChI=1S/C34H37ClN8O7S/c1-20-7-10-25(11-8-20)51(48,49)43-19-29(37-39-43)22(3)40(33(47)50-34(4,5)6)13-14-42-30(32(45)46)26-18-41(21(2)15-28(26)38-42)31(44)23-9-12-27(35)24(16-23)17-36/h7-12,16,19,21-22H,13-15,18H2,1-6H3,(H,45,46)/t21-,22?/m1/s1. The van der Waals surface area contributed by atoms with Gasteiger partial charge in [0, 0.05) is 30.1 Å². The lowest BCUT2D eigenvalue weighted by atomic mass is 9.98. The number of aromatic carboxylic acids is 1. The summed E-state index contributed by atoms with van der Waals surface area (Å²) >= 11 is 6.06. The smallest absolute Gasteiger partial charge is 0.410 e. The zero-order chi connectivity index (χ0) is 37.4. The number of carboxylic acid groups (broad SMARTS) is 1. The van der Waals surface area contributed by atoms with E-state index in [2.05, 4.69) is 15.4 Å². The molecule has 17 heteroatoms. The molecule has 0 saturated carbocycles. The number of carboxylic acids is 1. The van der Waals surface area contributed by atoms with E-state index in [-0.39, 0.29) is 64.5 Å². The molecule has 15 nitrogen and oxygen atoms in total. The van der Waals surface area contributed by atoms with Gasteiger partial charge in [-0.2, -0.15) is 18.8 Å². The van der Waals surface area contributed by atoms with Gasteiger partial charge in [-0.3, -0.25) is 14.4 Å². The number of halogens is 1. The fraction of sp³-hybridized carbons (Fsp3) is 0.382. The fourth-order valence-electron chi connectivity index (χ4n) is 5.69. The van der Waals surface area contributed by atoms with Gasteiger partial charge in [0.2, 0.25) is 0 Å². The molecular formula is C34H37ClN8O7S. The molecule has 3 heterocycles. The van der Waals surface area contributed by atoms with Gasteiger partial charge < -0.3 is 14.7 Å². The maximum atomic E-state index is 13.5. The Balaban J connectivity index is 1.42. The third-order valence-corrected chi connectivity index (χ3v) is 10.3. The van der Waals surface area contributed by atoms with E-state index >= 15 is 0 Å². The molecule has 4 aromatic rings. The number of nitriles is 1. The zero-order valence-corrected chi connectivity index (χ0v) is 30.4. The Morgan fingerprint density at radius 1 is 1.18 bits per heavy atom. The minimum absolute atomic E-state index is 0.0136. The number of aromatic nitrogens is 5. The first kappa shape index (κ1) is 37.0. The number of aryl methyl sites for hydroxylation is 1. The Hall–Kier alpha value is -5.27. The molecule has 1 unspecified atom stereocenters. The van der Waals surface area contributed by atoms with Gasteiger partial charge in [0.1, 0.15) is 17.4 Å². The average molecular weight is 737 g/mol. The van der Waals surface area contributed by atoms with Crippen molar-refractivity contribution in [1.82, 2.24) is 34.0 Å². The highest BCUT2D eigenvalue weighted by Crippen LogP contribution is 2.29. The van der Waals surface area contributed by atoms with E-state index in [4.69, 9.17) is 16.3 Å². The zero-order valence-electron chi connectivity index (χ0n) is 28.9.